The van der Waals surface area contributed by atoms with Crippen molar-refractivity contribution in [2.45, 2.75) is 11.7 Å². The van der Waals surface area contributed by atoms with Gasteiger partial charge in [-0.25, -0.2) is 8.42 Å². The van der Waals surface area contributed by atoms with Crippen molar-refractivity contribution >= 4 is 28.2 Å². The van der Waals surface area contributed by atoms with Crippen molar-refractivity contribution in [3.63, 3.8) is 0 Å². The molecule has 6 nitrogen and oxygen atoms in total. The quantitative estimate of drug-likeness (QED) is 0.719. The normalized spacial score (nSPS) is 15.4. The van der Waals surface area contributed by atoms with Crippen molar-refractivity contribution in [1.82, 2.24) is 10.6 Å². The summed E-state index contributed by atoms with van der Waals surface area (Å²) in [5.74, 6) is -0.450. The van der Waals surface area contributed by atoms with E-state index in [0.717, 1.165) is 6.26 Å². The van der Waals surface area contributed by atoms with Crippen molar-refractivity contribution in [2.24, 2.45) is 0 Å². The highest BCUT2D eigenvalue weighted by atomic mass is 35.5. The number of halogens is 1. The molecule has 0 atom stereocenters. The highest BCUT2D eigenvalue weighted by molar-refractivity contribution is 7.90. The van der Waals surface area contributed by atoms with E-state index in [4.69, 9.17) is 11.6 Å². The van der Waals surface area contributed by atoms with Gasteiger partial charge in [-0.3, -0.25) is 4.79 Å². The van der Waals surface area contributed by atoms with Gasteiger partial charge in [0.25, 0.3) is 5.91 Å². The molecule has 0 spiro atoms. The average Bonchev–Trinajstić information content (AvgIpc) is 2.48. The first-order valence-electron chi connectivity index (χ1n) is 8.21. The molecular weight excluding hydrogens is 316 g/mol. The fourth-order valence-corrected chi connectivity index (χ4v) is 2.14. The molecule has 1 rings (SSSR count). The topological polar surface area (TPSA) is 84.5 Å². The molecule has 1 aromatic rings. The van der Waals surface area contributed by atoms with E-state index in [2.05, 4.69) is 10.6 Å². The Hall–Kier alpha value is -1.31. The van der Waals surface area contributed by atoms with Crippen LogP contribution >= 0.6 is 12.4 Å². The number of sulfone groups is 1. The second-order valence-corrected chi connectivity index (χ2v) is 5.96. The summed E-state index contributed by atoms with van der Waals surface area (Å²) in [5.41, 5.74) is 0.00394. The molecule has 21 heavy (non-hydrogen) atoms. The summed E-state index contributed by atoms with van der Waals surface area (Å²) < 4.78 is 64.2. The first kappa shape index (κ1) is 12.3. The van der Waals surface area contributed by atoms with Crippen LogP contribution in [0.1, 0.15) is 24.1 Å². The first-order chi connectivity index (χ1) is 11.3. The molecule has 0 radical (unpaired) electrons. The van der Waals surface area contributed by atoms with Crippen molar-refractivity contribution in [1.29, 1.82) is 0 Å². The van der Waals surface area contributed by atoms with Gasteiger partial charge in [-0.05, 0) is 24.7 Å². The molecule has 1 amide bonds. The van der Waals surface area contributed by atoms with E-state index in [-0.39, 0.29) is 41.7 Å². The fourth-order valence-electron chi connectivity index (χ4n) is 1.49. The maximum Gasteiger partial charge on any atom is 0.255 e. The van der Waals surface area contributed by atoms with Crippen LogP contribution in [-0.4, -0.2) is 47.3 Å². The lowest BCUT2D eigenvalue weighted by atomic mass is 10.2. The minimum Gasteiger partial charge on any atom is -0.496 e. The third-order valence-electron chi connectivity index (χ3n) is 2.47. The van der Waals surface area contributed by atoms with E-state index in [9.17, 15) is 13.2 Å². The van der Waals surface area contributed by atoms with Gasteiger partial charge < -0.3 is 15.4 Å². The maximum absolute atomic E-state index is 12.2. The number of benzene rings is 1. The standard InChI is InChI=1S/C13H20N2O4S.ClH/c1-4-14-7-8-15-13(16)11-9-10(20(3,17)18)5-6-12(11)19-2;/h5-6,9,14H,4,7-8H2,1-3H3,(H,15,16);1H/i1D3,4D2;. The summed E-state index contributed by atoms with van der Waals surface area (Å²) in [5, 5.41) is 4.65. The monoisotopic (exact) mass is 341 g/mol. The van der Waals surface area contributed by atoms with Crippen LogP contribution in [0.3, 0.4) is 0 Å². The van der Waals surface area contributed by atoms with Crippen LogP contribution in [0.15, 0.2) is 23.1 Å². The van der Waals surface area contributed by atoms with Crippen LogP contribution in [0, 0.1) is 0 Å². The van der Waals surface area contributed by atoms with Gasteiger partial charge in [-0.15, -0.1) is 12.4 Å². The molecule has 8 heteroatoms. The van der Waals surface area contributed by atoms with E-state index in [1.807, 2.05) is 0 Å². The largest absolute Gasteiger partial charge is 0.496 e. The van der Waals surface area contributed by atoms with E-state index >= 15 is 0 Å². The number of ether oxygens (including phenoxy) is 1. The Balaban J connectivity index is 0.00000625. The summed E-state index contributed by atoms with van der Waals surface area (Å²) in [6.07, 6.45) is 1.01. The minimum absolute atomic E-state index is 0. The third kappa shape index (κ3) is 5.91. The number of carbonyl (C=O) groups excluding carboxylic acids is 1. The summed E-state index contributed by atoms with van der Waals surface area (Å²) in [6, 6.07) is 3.85. The van der Waals surface area contributed by atoms with Crippen LogP contribution in [0.5, 0.6) is 5.75 Å². The van der Waals surface area contributed by atoms with Crippen molar-refractivity contribution in [2.75, 3.05) is 33.0 Å². The highest BCUT2D eigenvalue weighted by Gasteiger charge is 2.16. The van der Waals surface area contributed by atoms with Crippen LogP contribution in [0.4, 0.5) is 0 Å². The van der Waals surface area contributed by atoms with Gasteiger partial charge in [-0.1, -0.05) is 6.85 Å². The molecule has 2 N–H and O–H groups in total. The number of nitrogens with one attached hydrogen (secondary N) is 2. The predicted octanol–water partition coefficient (Wildman–Crippen LogP) is 0.860. The van der Waals surface area contributed by atoms with Crippen molar-refractivity contribution < 1.29 is 24.8 Å². The Morgan fingerprint density at radius 3 is 2.71 bits per heavy atom. The van der Waals surface area contributed by atoms with Gasteiger partial charge in [-0.2, -0.15) is 0 Å². The van der Waals surface area contributed by atoms with Crippen molar-refractivity contribution in [3.05, 3.63) is 23.8 Å². The van der Waals surface area contributed by atoms with Crippen LogP contribution in [-0.2, 0) is 9.84 Å². The number of carbonyl (C=O) groups is 1. The zero-order chi connectivity index (χ0) is 19.5. The van der Waals surface area contributed by atoms with Gasteiger partial charge >= 0.3 is 0 Å². The predicted molar refractivity (Wildman–Crippen MR) is 84.2 cm³/mol. The fraction of sp³-hybridized carbons (Fsp3) is 0.462. The molecule has 0 saturated carbocycles. The summed E-state index contributed by atoms with van der Waals surface area (Å²) in [7, 11) is -2.17. The molecule has 0 saturated heterocycles. The number of amides is 1. The molecule has 0 aromatic heterocycles. The number of methoxy groups -OCH3 is 1. The summed E-state index contributed by atoms with van der Waals surface area (Å²) in [6.45, 7) is -5.64. The van der Waals surface area contributed by atoms with Gasteiger partial charge in [0, 0.05) is 26.2 Å². The summed E-state index contributed by atoms with van der Waals surface area (Å²) in [4.78, 5) is 12.2. The smallest absolute Gasteiger partial charge is 0.255 e. The molecule has 0 bridgehead atoms. The van der Waals surface area contributed by atoms with Crippen molar-refractivity contribution in [3.8, 4) is 5.75 Å². The first-order valence-corrected chi connectivity index (χ1v) is 7.60. The average molecular weight is 342 g/mol. The third-order valence-corrected chi connectivity index (χ3v) is 3.58. The minimum atomic E-state index is -3.50. The number of likely N-dealkylation sites (N-methyl/N-ethyl adjacent to an activating group) is 1. The Bertz CT molecular complexity index is 741. The van der Waals surface area contributed by atoms with Crippen LogP contribution in [0.25, 0.3) is 0 Å². The van der Waals surface area contributed by atoms with Gasteiger partial charge in [0.2, 0.25) is 0 Å². The number of hydrogen-bond acceptors (Lipinski definition) is 5. The molecule has 0 heterocycles. The lowest BCUT2D eigenvalue weighted by Gasteiger charge is -2.11. The van der Waals surface area contributed by atoms with E-state index in [1.54, 1.807) is 0 Å². The van der Waals surface area contributed by atoms with Crippen LogP contribution < -0.4 is 15.4 Å². The molecule has 0 aliphatic carbocycles. The Morgan fingerprint density at radius 2 is 2.14 bits per heavy atom. The number of rotatable bonds is 7. The zero-order valence-electron chi connectivity index (χ0n) is 16.6. The molecule has 120 valence electrons. The second-order valence-electron chi connectivity index (χ2n) is 3.94. The Kier molecular flexibility index (Phi) is 5.17. The molecule has 1 aromatic carbocycles. The number of hydrogen-bond donors (Lipinski definition) is 2. The lowest BCUT2D eigenvalue weighted by molar-refractivity contribution is 0.0950. The van der Waals surface area contributed by atoms with Gasteiger partial charge in [0.15, 0.2) is 9.84 Å². The zero-order valence-corrected chi connectivity index (χ0v) is 13.2. The molecule has 0 aliphatic rings. The lowest BCUT2D eigenvalue weighted by Crippen LogP contribution is -2.32. The Morgan fingerprint density at radius 1 is 1.43 bits per heavy atom. The highest BCUT2D eigenvalue weighted by Crippen LogP contribution is 2.22. The summed E-state index contributed by atoms with van der Waals surface area (Å²) >= 11 is 0. The van der Waals surface area contributed by atoms with E-state index in [1.165, 1.54) is 25.3 Å². The maximum atomic E-state index is 12.2. The van der Waals surface area contributed by atoms with Gasteiger partial charge in [0.1, 0.15) is 5.75 Å². The Labute approximate surface area is 138 Å². The SMILES string of the molecule is Cl.[2H]C([2H])([2H])C([2H])([2H])NCCNC(=O)c1cc(S(C)(=O)=O)ccc1OC. The van der Waals surface area contributed by atoms with Crippen LogP contribution in [0.2, 0.25) is 0 Å². The molecule has 0 fully saturated rings. The van der Waals surface area contributed by atoms with E-state index in [0.29, 0.717) is 0 Å². The molecular formula is C13H21ClN2O4S. The second kappa shape index (κ2) is 8.86. The van der Waals surface area contributed by atoms with E-state index < -0.39 is 29.1 Å². The van der Waals surface area contributed by atoms with Gasteiger partial charge in [0.05, 0.1) is 17.6 Å². The molecule has 0 unspecified atom stereocenters. The molecule has 0 aliphatic heterocycles.